The Morgan fingerprint density at radius 2 is 1.74 bits per heavy atom. The van der Waals surface area contributed by atoms with Gasteiger partial charge in [-0.3, -0.25) is 4.79 Å². The molecule has 0 saturated heterocycles. The molecule has 180 valence electrons. The van der Waals surface area contributed by atoms with E-state index in [1.165, 1.54) is 22.9 Å². The number of thioether (sulfide) groups is 1. The summed E-state index contributed by atoms with van der Waals surface area (Å²) < 4.78 is 12.5. The Balaban J connectivity index is 1.34. The van der Waals surface area contributed by atoms with Crippen molar-refractivity contribution < 1.29 is 19.1 Å². The summed E-state index contributed by atoms with van der Waals surface area (Å²) >= 11 is 1.29. The fourth-order valence-corrected chi connectivity index (χ4v) is 4.60. The summed E-state index contributed by atoms with van der Waals surface area (Å²) in [5.41, 5.74) is 5.39. The van der Waals surface area contributed by atoms with Gasteiger partial charge in [-0.05, 0) is 48.7 Å². The van der Waals surface area contributed by atoms with Gasteiger partial charge in [0.1, 0.15) is 5.75 Å². The second kappa shape index (κ2) is 11.7. The number of hydrogen-bond acceptors (Lipinski definition) is 6. The predicted octanol–water partition coefficient (Wildman–Crippen LogP) is 5.59. The number of ether oxygens (including phenoxy) is 2. The molecule has 6 nitrogen and oxygen atoms in total. The molecule has 0 spiro atoms. The van der Waals surface area contributed by atoms with Crippen molar-refractivity contribution in [2.75, 3.05) is 12.4 Å². The van der Waals surface area contributed by atoms with E-state index in [2.05, 4.69) is 36.6 Å². The van der Waals surface area contributed by atoms with Crippen molar-refractivity contribution in [3.8, 4) is 5.75 Å². The van der Waals surface area contributed by atoms with Crippen molar-refractivity contribution in [1.29, 1.82) is 0 Å². The summed E-state index contributed by atoms with van der Waals surface area (Å²) in [4.78, 5) is 29.1. The predicted molar refractivity (Wildman–Crippen MR) is 138 cm³/mol. The van der Waals surface area contributed by atoms with Crippen LogP contribution in [0.4, 0.5) is 0 Å². The zero-order chi connectivity index (χ0) is 24.6. The van der Waals surface area contributed by atoms with Gasteiger partial charge < -0.3 is 14.0 Å². The van der Waals surface area contributed by atoms with Crippen LogP contribution in [0, 0.1) is 6.92 Å². The molecule has 1 heterocycles. The van der Waals surface area contributed by atoms with E-state index < -0.39 is 18.5 Å². The molecule has 0 fully saturated rings. The van der Waals surface area contributed by atoms with Crippen LogP contribution < -0.4 is 4.74 Å². The van der Waals surface area contributed by atoms with Crippen molar-refractivity contribution >= 4 is 34.7 Å². The summed E-state index contributed by atoms with van der Waals surface area (Å²) in [6, 6.07) is 23.6. The standard InChI is InChI=1S/C28H28N2O4S/c1-3-7-21-12-14-23(15-13-21)34-26(31)18-33-27(32)19-35-28-29-24-10-4-5-11-25(24)30(28)17-22-9-6-8-20(2)16-22/h4-6,8-16H,3,7,17-19H2,1-2H3. The number of carbonyl (C=O) groups excluding carboxylic acids is 2. The molecule has 0 atom stereocenters. The highest BCUT2D eigenvalue weighted by molar-refractivity contribution is 7.99. The van der Waals surface area contributed by atoms with Crippen molar-refractivity contribution in [2.24, 2.45) is 0 Å². The number of benzene rings is 3. The van der Waals surface area contributed by atoms with Crippen LogP contribution in [-0.2, 0) is 27.3 Å². The largest absolute Gasteiger partial charge is 0.453 e. The molecule has 7 heteroatoms. The summed E-state index contributed by atoms with van der Waals surface area (Å²) in [5, 5.41) is 0.722. The Bertz CT molecular complexity index is 1310. The van der Waals surface area contributed by atoms with E-state index in [9.17, 15) is 9.59 Å². The molecule has 0 N–H and O–H groups in total. The first-order valence-electron chi connectivity index (χ1n) is 11.6. The number of para-hydroxylation sites is 2. The minimum Gasteiger partial charge on any atom is -0.453 e. The molecule has 1 aromatic heterocycles. The topological polar surface area (TPSA) is 70.4 Å². The van der Waals surface area contributed by atoms with Gasteiger partial charge in [0.2, 0.25) is 0 Å². The summed E-state index contributed by atoms with van der Waals surface area (Å²) in [5.74, 6) is -0.640. The second-order valence-corrected chi connectivity index (χ2v) is 9.22. The van der Waals surface area contributed by atoms with Gasteiger partial charge >= 0.3 is 11.9 Å². The first-order valence-corrected chi connectivity index (χ1v) is 12.6. The molecule has 4 rings (SSSR count). The number of imidazole rings is 1. The highest BCUT2D eigenvalue weighted by Crippen LogP contribution is 2.25. The molecule has 3 aromatic carbocycles. The third kappa shape index (κ3) is 6.73. The van der Waals surface area contributed by atoms with Crippen LogP contribution in [0.2, 0.25) is 0 Å². The lowest BCUT2D eigenvalue weighted by Crippen LogP contribution is -2.20. The van der Waals surface area contributed by atoms with Gasteiger partial charge in [0, 0.05) is 0 Å². The van der Waals surface area contributed by atoms with Crippen LogP contribution in [-0.4, -0.2) is 33.8 Å². The Morgan fingerprint density at radius 3 is 2.51 bits per heavy atom. The third-order valence-electron chi connectivity index (χ3n) is 5.41. The molecule has 0 aliphatic carbocycles. The first-order chi connectivity index (χ1) is 17.0. The van der Waals surface area contributed by atoms with Crippen LogP contribution in [0.15, 0.2) is 78.0 Å². The average Bonchev–Trinajstić information content (AvgIpc) is 3.20. The van der Waals surface area contributed by atoms with Crippen molar-refractivity contribution in [3.63, 3.8) is 0 Å². The molecular formula is C28H28N2O4S. The lowest BCUT2D eigenvalue weighted by Gasteiger charge is -2.10. The van der Waals surface area contributed by atoms with Crippen molar-refractivity contribution in [2.45, 2.75) is 38.4 Å². The van der Waals surface area contributed by atoms with Crippen LogP contribution >= 0.6 is 11.8 Å². The molecular weight excluding hydrogens is 460 g/mol. The first kappa shape index (κ1) is 24.5. The molecule has 0 radical (unpaired) electrons. The Morgan fingerprint density at radius 1 is 0.943 bits per heavy atom. The van der Waals surface area contributed by atoms with E-state index in [1.54, 1.807) is 12.1 Å². The minimum atomic E-state index is -0.613. The molecule has 35 heavy (non-hydrogen) atoms. The SMILES string of the molecule is CCCc1ccc(OC(=O)COC(=O)CSc2nc3ccccc3n2Cc2cccc(C)c2)cc1. The molecule has 0 saturated carbocycles. The molecule has 0 amide bonds. The van der Waals surface area contributed by atoms with Gasteiger partial charge in [-0.1, -0.05) is 79.2 Å². The fraction of sp³-hybridized carbons (Fsp3) is 0.250. The van der Waals surface area contributed by atoms with Gasteiger partial charge in [0.25, 0.3) is 0 Å². The van der Waals surface area contributed by atoms with Gasteiger partial charge in [0.05, 0.1) is 23.3 Å². The fourth-order valence-electron chi connectivity index (χ4n) is 3.79. The smallest absolute Gasteiger partial charge is 0.349 e. The number of nitrogens with zero attached hydrogens (tertiary/aromatic N) is 2. The van der Waals surface area contributed by atoms with E-state index >= 15 is 0 Å². The van der Waals surface area contributed by atoms with E-state index in [0.717, 1.165) is 34.6 Å². The zero-order valence-corrected chi connectivity index (χ0v) is 20.7. The maximum Gasteiger partial charge on any atom is 0.349 e. The maximum atomic E-state index is 12.3. The van der Waals surface area contributed by atoms with E-state index in [-0.39, 0.29) is 5.75 Å². The number of rotatable bonds is 10. The third-order valence-corrected chi connectivity index (χ3v) is 6.36. The highest BCUT2D eigenvalue weighted by Gasteiger charge is 2.15. The van der Waals surface area contributed by atoms with Crippen molar-refractivity contribution in [1.82, 2.24) is 9.55 Å². The van der Waals surface area contributed by atoms with E-state index in [1.807, 2.05) is 42.5 Å². The normalized spacial score (nSPS) is 10.9. The zero-order valence-electron chi connectivity index (χ0n) is 19.9. The monoisotopic (exact) mass is 488 g/mol. The Hall–Kier alpha value is -3.58. The quantitative estimate of drug-likeness (QED) is 0.165. The number of fused-ring (bicyclic) bond motifs is 1. The molecule has 0 aliphatic rings. The van der Waals surface area contributed by atoms with E-state index in [0.29, 0.717) is 12.3 Å². The Labute approximate surface area is 209 Å². The van der Waals surface area contributed by atoms with Crippen LogP contribution in [0.5, 0.6) is 5.75 Å². The minimum absolute atomic E-state index is 0.0378. The van der Waals surface area contributed by atoms with E-state index in [4.69, 9.17) is 14.5 Å². The Kier molecular flexibility index (Phi) is 8.21. The van der Waals surface area contributed by atoms with Gasteiger partial charge in [-0.25, -0.2) is 9.78 Å². The number of aromatic nitrogens is 2. The molecule has 4 aromatic rings. The number of esters is 2. The number of carbonyl (C=O) groups is 2. The van der Waals surface area contributed by atoms with Crippen LogP contribution in [0.1, 0.15) is 30.0 Å². The summed E-state index contributed by atoms with van der Waals surface area (Å²) in [6.07, 6.45) is 2.03. The second-order valence-electron chi connectivity index (χ2n) is 8.28. The van der Waals surface area contributed by atoms with Crippen LogP contribution in [0.3, 0.4) is 0 Å². The van der Waals surface area contributed by atoms with Gasteiger partial charge in [0.15, 0.2) is 11.8 Å². The van der Waals surface area contributed by atoms with Gasteiger partial charge in [-0.15, -0.1) is 0 Å². The average molecular weight is 489 g/mol. The van der Waals surface area contributed by atoms with Crippen molar-refractivity contribution in [3.05, 3.63) is 89.5 Å². The molecule has 0 bridgehead atoms. The number of hydrogen-bond donors (Lipinski definition) is 0. The lowest BCUT2D eigenvalue weighted by atomic mass is 10.1. The van der Waals surface area contributed by atoms with Crippen LogP contribution in [0.25, 0.3) is 11.0 Å². The maximum absolute atomic E-state index is 12.3. The van der Waals surface area contributed by atoms with Gasteiger partial charge in [-0.2, -0.15) is 0 Å². The summed E-state index contributed by atoms with van der Waals surface area (Å²) in [7, 11) is 0. The lowest BCUT2D eigenvalue weighted by molar-refractivity contribution is -0.151. The highest BCUT2D eigenvalue weighted by atomic mass is 32.2. The molecule has 0 unspecified atom stereocenters. The summed E-state index contributed by atoms with van der Waals surface area (Å²) in [6.45, 7) is 4.38. The molecule has 0 aliphatic heterocycles. The number of aryl methyl sites for hydroxylation is 2.